The van der Waals surface area contributed by atoms with E-state index >= 15 is 0 Å². The van der Waals surface area contributed by atoms with E-state index in [-0.39, 0.29) is 11.9 Å². The van der Waals surface area contributed by atoms with Crippen LogP contribution in [0.4, 0.5) is 0 Å². The Morgan fingerprint density at radius 3 is 2.35 bits per heavy atom. The lowest BCUT2D eigenvalue weighted by Crippen LogP contribution is -2.33. The van der Waals surface area contributed by atoms with Crippen molar-refractivity contribution in [3.8, 4) is 0 Å². The van der Waals surface area contributed by atoms with Crippen LogP contribution in [0.3, 0.4) is 0 Å². The summed E-state index contributed by atoms with van der Waals surface area (Å²) in [4.78, 5) is 25.5. The Balaban J connectivity index is 1.64. The minimum absolute atomic E-state index is 0.199. The minimum Gasteiger partial charge on any atom is -0.444 e. The van der Waals surface area contributed by atoms with Gasteiger partial charge < -0.3 is 10.1 Å². The Morgan fingerprint density at radius 2 is 1.58 bits per heavy atom. The summed E-state index contributed by atoms with van der Waals surface area (Å²) in [6.45, 7) is 0. The van der Waals surface area contributed by atoms with Gasteiger partial charge in [-0.25, -0.2) is 4.79 Å². The third kappa shape index (κ3) is 3.45. The summed E-state index contributed by atoms with van der Waals surface area (Å²) in [5, 5.41) is 4.70. The van der Waals surface area contributed by atoms with Gasteiger partial charge in [0.25, 0.3) is 5.91 Å². The van der Waals surface area contributed by atoms with Crippen LogP contribution in [-0.2, 0) is 9.53 Å². The maximum atomic E-state index is 12.8. The summed E-state index contributed by atoms with van der Waals surface area (Å²) >= 11 is 0. The van der Waals surface area contributed by atoms with E-state index in [9.17, 15) is 9.59 Å². The lowest BCUT2D eigenvalue weighted by molar-refractivity contribution is -0.130. The number of carbonyl (C=O) groups is 2. The fourth-order valence-electron chi connectivity index (χ4n) is 2.98. The molecule has 1 aliphatic carbocycles. The second-order valence-corrected chi connectivity index (χ2v) is 6.51. The van der Waals surface area contributed by atoms with Crippen molar-refractivity contribution in [1.29, 1.82) is 0 Å². The Hall–Kier alpha value is -3.14. The Morgan fingerprint density at radius 1 is 0.885 bits per heavy atom. The molecule has 0 heterocycles. The number of fused-ring (bicyclic) bond motifs is 1. The number of rotatable bonds is 5. The van der Waals surface area contributed by atoms with E-state index < -0.39 is 12.1 Å². The van der Waals surface area contributed by atoms with Crippen molar-refractivity contribution in [3.63, 3.8) is 0 Å². The molecule has 0 aromatic heterocycles. The third-order valence-electron chi connectivity index (χ3n) is 4.50. The van der Waals surface area contributed by atoms with E-state index in [1.54, 1.807) is 18.2 Å². The molecule has 4 rings (SSSR count). The standard InChI is InChI=1S/C22H19NO3/c24-21(23-17-13-14-17)20(16-8-2-1-3-9-16)26-22(25)19-12-6-10-15-7-4-5-11-18(15)19/h1-12,17,20H,13-14H2,(H,23,24)/t20-/m0/s1. The highest BCUT2D eigenvalue weighted by Gasteiger charge is 2.31. The van der Waals surface area contributed by atoms with E-state index in [1.165, 1.54) is 0 Å². The summed E-state index contributed by atoms with van der Waals surface area (Å²) in [5.74, 6) is -0.770. The molecule has 1 aliphatic rings. The van der Waals surface area contributed by atoms with E-state index in [1.807, 2.05) is 54.6 Å². The molecule has 0 unspecified atom stereocenters. The van der Waals surface area contributed by atoms with Crippen molar-refractivity contribution in [2.75, 3.05) is 0 Å². The summed E-state index contributed by atoms with van der Waals surface area (Å²) in [6, 6.07) is 22.5. The third-order valence-corrected chi connectivity index (χ3v) is 4.50. The van der Waals surface area contributed by atoms with Crippen molar-refractivity contribution >= 4 is 22.6 Å². The first-order chi connectivity index (χ1) is 12.7. The number of hydrogen-bond donors (Lipinski definition) is 1. The maximum absolute atomic E-state index is 12.8. The zero-order chi connectivity index (χ0) is 17.9. The van der Waals surface area contributed by atoms with Gasteiger partial charge in [-0.05, 0) is 29.7 Å². The van der Waals surface area contributed by atoms with Gasteiger partial charge in [0, 0.05) is 11.6 Å². The number of ether oxygens (including phenoxy) is 1. The first kappa shape index (κ1) is 16.3. The number of esters is 1. The Labute approximate surface area is 151 Å². The SMILES string of the molecule is O=C(O[C@H](C(=O)NC1CC1)c1ccccc1)c1cccc2ccccc12. The highest BCUT2D eigenvalue weighted by atomic mass is 16.5. The number of hydrogen-bond acceptors (Lipinski definition) is 3. The fraction of sp³-hybridized carbons (Fsp3) is 0.182. The van der Waals surface area contributed by atoms with Crippen LogP contribution in [0.1, 0.15) is 34.9 Å². The van der Waals surface area contributed by atoms with Crippen LogP contribution in [0.5, 0.6) is 0 Å². The quantitative estimate of drug-likeness (QED) is 0.711. The summed E-state index contributed by atoms with van der Waals surface area (Å²) in [5.41, 5.74) is 1.13. The Bertz CT molecular complexity index is 943. The molecular weight excluding hydrogens is 326 g/mol. The zero-order valence-electron chi connectivity index (χ0n) is 14.2. The van der Waals surface area contributed by atoms with Gasteiger partial charge in [-0.1, -0.05) is 66.7 Å². The van der Waals surface area contributed by atoms with E-state index in [4.69, 9.17) is 4.74 Å². The van der Waals surface area contributed by atoms with Crippen molar-refractivity contribution in [2.45, 2.75) is 25.0 Å². The molecule has 3 aromatic rings. The molecule has 0 spiro atoms. The van der Waals surface area contributed by atoms with Crippen molar-refractivity contribution < 1.29 is 14.3 Å². The van der Waals surface area contributed by atoms with E-state index in [0.717, 1.165) is 23.6 Å². The second kappa shape index (κ2) is 7.00. The number of carbonyl (C=O) groups excluding carboxylic acids is 2. The van der Waals surface area contributed by atoms with Gasteiger partial charge in [0.05, 0.1) is 5.56 Å². The molecule has 130 valence electrons. The molecule has 3 aromatic carbocycles. The van der Waals surface area contributed by atoms with E-state index in [2.05, 4.69) is 5.32 Å². The number of benzene rings is 3. The molecular formula is C22H19NO3. The van der Waals surface area contributed by atoms with Gasteiger partial charge in [-0.2, -0.15) is 0 Å². The van der Waals surface area contributed by atoms with Crippen LogP contribution in [0.25, 0.3) is 10.8 Å². The molecule has 0 radical (unpaired) electrons. The maximum Gasteiger partial charge on any atom is 0.339 e. The lowest BCUT2D eigenvalue weighted by Gasteiger charge is -2.18. The first-order valence-electron chi connectivity index (χ1n) is 8.76. The van der Waals surface area contributed by atoms with Gasteiger partial charge in [-0.3, -0.25) is 4.79 Å². The summed E-state index contributed by atoms with van der Waals surface area (Å²) in [6.07, 6.45) is 0.998. The Kier molecular flexibility index (Phi) is 4.40. The molecule has 1 atom stereocenters. The molecule has 0 bridgehead atoms. The predicted octanol–water partition coefficient (Wildman–Crippen LogP) is 4.02. The zero-order valence-corrected chi connectivity index (χ0v) is 14.2. The normalized spacial score (nSPS) is 14.6. The topological polar surface area (TPSA) is 55.4 Å². The average molecular weight is 345 g/mol. The number of amides is 1. The molecule has 26 heavy (non-hydrogen) atoms. The molecule has 1 fully saturated rings. The molecule has 4 nitrogen and oxygen atoms in total. The van der Waals surface area contributed by atoms with Gasteiger partial charge in [0.2, 0.25) is 6.10 Å². The smallest absolute Gasteiger partial charge is 0.339 e. The molecule has 0 saturated heterocycles. The second-order valence-electron chi connectivity index (χ2n) is 6.51. The van der Waals surface area contributed by atoms with E-state index in [0.29, 0.717) is 11.1 Å². The molecule has 4 heteroatoms. The predicted molar refractivity (Wildman–Crippen MR) is 99.7 cm³/mol. The highest BCUT2D eigenvalue weighted by molar-refractivity contribution is 6.05. The minimum atomic E-state index is -0.955. The van der Waals surface area contributed by atoms with Crippen LogP contribution >= 0.6 is 0 Å². The molecule has 1 saturated carbocycles. The van der Waals surface area contributed by atoms with Crippen molar-refractivity contribution in [1.82, 2.24) is 5.32 Å². The molecule has 1 N–H and O–H groups in total. The van der Waals surface area contributed by atoms with Crippen molar-refractivity contribution in [3.05, 3.63) is 83.9 Å². The average Bonchev–Trinajstić information content (AvgIpc) is 3.50. The monoisotopic (exact) mass is 345 g/mol. The van der Waals surface area contributed by atoms with Gasteiger partial charge in [-0.15, -0.1) is 0 Å². The largest absolute Gasteiger partial charge is 0.444 e. The van der Waals surface area contributed by atoms with Crippen LogP contribution in [0.2, 0.25) is 0 Å². The van der Waals surface area contributed by atoms with Gasteiger partial charge >= 0.3 is 5.97 Å². The van der Waals surface area contributed by atoms with Crippen LogP contribution < -0.4 is 5.32 Å². The van der Waals surface area contributed by atoms with Crippen LogP contribution in [-0.4, -0.2) is 17.9 Å². The summed E-state index contributed by atoms with van der Waals surface area (Å²) < 4.78 is 5.67. The molecule has 1 amide bonds. The van der Waals surface area contributed by atoms with Gasteiger partial charge in [0.1, 0.15) is 0 Å². The van der Waals surface area contributed by atoms with Crippen LogP contribution in [0, 0.1) is 0 Å². The lowest BCUT2D eigenvalue weighted by atomic mass is 10.0. The van der Waals surface area contributed by atoms with Crippen molar-refractivity contribution in [2.24, 2.45) is 0 Å². The van der Waals surface area contributed by atoms with Crippen LogP contribution in [0.15, 0.2) is 72.8 Å². The fourth-order valence-corrected chi connectivity index (χ4v) is 2.98. The molecule has 0 aliphatic heterocycles. The summed E-state index contributed by atoms with van der Waals surface area (Å²) in [7, 11) is 0. The highest BCUT2D eigenvalue weighted by Crippen LogP contribution is 2.26. The van der Waals surface area contributed by atoms with Gasteiger partial charge in [0.15, 0.2) is 0 Å². The first-order valence-corrected chi connectivity index (χ1v) is 8.76. The number of nitrogens with one attached hydrogen (secondary N) is 1.